The number of carbonyl (C=O) groups is 1. The van der Waals surface area contributed by atoms with Gasteiger partial charge in [-0.05, 0) is 26.7 Å². The van der Waals surface area contributed by atoms with Gasteiger partial charge in [0.25, 0.3) is 11.8 Å². The van der Waals surface area contributed by atoms with E-state index in [9.17, 15) is 4.79 Å². The summed E-state index contributed by atoms with van der Waals surface area (Å²) in [7, 11) is 1.58. The Morgan fingerprint density at radius 3 is 2.81 bits per heavy atom. The Kier molecular flexibility index (Phi) is 6.57. The SMILES string of the molecule is CCn1cc(C(=O)N2CCC(OCCc3noc(COC)n3)CC2)c(C)n1. The third kappa shape index (κ3) is 4.92. The van der Waals surface area contributed by atoms with E-state index in [1.807, 2.05) is 24.9 Å². The van der Waals surface area contributed by atoms with E-state index in [4.69, 9.17) is 14.0 Å². The van der Waals surface area contributed by atoms with Crippen molar-refractivity contribution in [2.24, 2.45) is 0 Å². The number of piperidine rings is 1. The second-order valence-corrected chi connectivity index (χ2v) is 6.63. The van der Waals surface area contributed by atoms with Gasteiger partial charge in [0, 0.05) is 39.4 Å². The Hall–Kier alpha value is -2.26. The van der Waals surface area contributed by atoms with Gasteiger partial charge in [0.15, 0.2) is 5.82 Å². The standard InChI is InChI=1S/C18H27N5O4/c1-4-23-11-15(13(2)20-23)18(24)22-8-5-14(6-9-22)26-10-7-16-19-17(12-25-3)27-21-16/h11,14H,4-10,12H2,1-3H3. The molecule has 1 aliphatic rings. The fourth-order valence-electron chi connectivity index (χ4n) is 3.18. The molecule has 0 atom stereocenters. The van der Waals surface area contributed by atoms with Gasteiger partial charge in [0.2, 0.25) is 0 Å². The van der Waals surface area contributed by atoms with Crippen LogP contribution in [0.1, 0.15) is 47.5 Å². The lowest BCUT2D eigenvalue weighted by molar-refractivity contribution is 0.00945. The van der Waals surface area contributed by atoms with E-state index in [-0.39, 0.29) is 12.0 Å². The van der Waals surface area contributed by atoms with E-state index >= 15 is 0 Å². The number of rotatable bonds is 8. The molecule has 148 valence electrons. The van der Waals surface area contributed by atoms with Crippen LogP contribution in [0.5, 0.6) is 0 Å². The maximum atomic E-state index is 12.7. The van der Waals surface area contributed by atoms with Crippen LogP contribution in [0.25, 0.3) is 0 Å². The molecule has 9 heteroatoms. The summed E-state index contributed by atoms with van der Waals surface area (Å²) in [5, 5.41) is 8.26. The first-order valence-corrected chi connectivity index (χ1v) is 9.36. The van der Waals surface area contributed by atoms with Gasteiger partial charge >= 0.3 is 0 Å². The molecule has 1 amide bonds. The Labute approximate surface area is 158 Å². The fraction of sp³-hybridized carbons (Fsp3) is 0.667. The lowest BCUT2D eigenvalue weighted by Crippen LogP contribution is -2.41. The topological polar surface area (TPSA) is 95.5 Å². The quantitative estimate of drug-likeness (QED) is 0.689. The number of aromatic nitrogens is 4. The van der Waals surface area contributed by atoms with Gasteiger partial charge in [-0.3, -0.25) is 9.48 Å². The van der Waals surface area contributed by atoms with Gasteiger partial charge in [-0.1, -0.05) is 5.16 Å². The van der Waals surface area contributed by atoms with Crippen molar-refractivity contribution in [2.45, 2.75) is 52.4 Å². The first-order chi connectivity index (χ1) is 13.1. The van der Waals surface area contributed by atoms with Gasteiger partial charge in [-0.25, -0.2) is 0 Å². The molecular formula is C18H27N5O4. The van der Waals surface area contributed by atoms with Crippen LogP contribution in [0.15, 0.2) is 10.7 Å². The Morgan fingerprint density at radius 2 is 2.15 bits per heavy atom. The van der Waals surface area contributed by atoms with Gasteiger partial charge in [0.05, 0.1) is 24.0 Å². The van der Waals surface area contributed by atoms with E-state index < -0.39 is 0 Å². The molecule has 27 heavy (non-hydrogen) atoms. The number of hydrogen-bond donors (Lipinski definition) is 0. The predicted molar refractivity (Wildman–Crippen MR) is 96.2 cm³/mol. The average Bonchev–Trinajstić information content (AvgIpc) is 3.28. The van der Waals surface area contributed by atoms with Crippen LogP contribution in [0, 0.1) is 6.92 Å². The fourth-order valence-corrected chi connectivity index (χ4v) is 3.18. The van der Waals surface area contributed by atoms with Crippen molar-refractivity contribution < 1.29 is 18.8 Å². The lowest BCUT2D eigenvalue weighted by atomic mass is 10.1. The minimum absolute atomic E-state index is 0.0584. The van der Waals surface area contributed by atoms with Crippen LogP contribution in [-0.2, 0) is 29.0 Å². The van der Waals surface area contributed by atoms with E-state index in [0.29, 0.717) is 50.0 Å². The molecule has 1 aliphatic heterocycles. The largest absolute Gasteiger partial charge is 0.378 e. The van der Waals surface area contributed by atoms with Crippen molar-refractivity contribution in [3.05, 3.63) is 29.2 Å². The molecular weight excluding hydrogens is 350 g/mol. The zero-order valence-electron chi connectivity index (χ0n) is 16.2. The number of amides is 1. The number of nitrogens with zero attached hydrogens (tertiary/aromatic N) is 5. The molecule has 1 fully saturated rings. The van der Waals surface area contributed by atoms with Crippen molar-refractivity contribution in [1.29, 1.82) is 0 Å². The third-order valence-corrected chi connectivity index (χ3v) is 4.69. The second kappa shape index (κ2) is 9.09. The van der Waals surface area contributed by atoms with Crippen LogP contribution >= 0.6 is 0 Å². The Morgan fingerprint density at radius 1 is 1.37 bits per heavy atom. The average molecular weight is 377 g/mol. The summed E-state index contributed by atoms with van der Waals surface area (Å²) in [4.78, 5) is 18.8. The van der Waals surface area contributed by atoms with Gasteiger partial charge < -0.3 is 18.9 Å². The molecule has 3 heterocycles. The first kappa shape index (κ1) is 19.5. The molecule has 3 rings (SSSR count). The highest BCUT2D eigenvalue weighted by molar-refractivity contribution is 5.95. The predicted octanol–water partition coefficient (Wildman–Crippen LogP) is 1.60. The summed E-state index contributed by atoms with van der Waals surface area (Å²) in [6.45, 7) is 6.89. The number of methoxy groups -OCH3 is 1. The summed E-state index contributed by atoms with van der Waals surface area (Å²) in [6, 6.07) is 0. The molecule has 0 N–H and O–H groups in total. The van der Waals surface area contributed by atoms with E-state index in [0.717, 1.165) is 25.1 Å². The highest BCUT2D eigenvalue weighted by atomic mass is 16.5. The van der Waals surface area contributed by atoms with E-state index in [2.05, 4.69) is 15.2 Å². The van der Waals surface area contributed by atoms with Crippen LogP contribution in [0.3, 0.4) is 0 Å². The Balaban J connectivity index is 1.41. The van der Waals surface area contributed by atoms with Gasteiger partial charge in [-0.15, -0.1) is 0 Å². The minimum Gasteiger partial charge on any atom is -0.378 e. The van der Waals surface area contributed by atoms with Crippen LogP contribution in [-0.4, -0.2) is 63.6 Å². The molecule has 9 nitrogen and oxygen atoms in total. The zero-order valence-corrected chi connectivity index (χ0v) is 16.2. The van der Waals surface area contributed by atoms with E-state index in [1.54, 1.807) is 11.8 Å². The van der Waals surface area contributed by atoms with Crippen molar-refractivity contribution in [3.8, 4) is 0 Å². The van der Waals surface area contributed by atoms with Crippen molar-refractivity contribution in [2.75, 3.05) is 26.8 Å². The second-order valence-electron chi connectivity index (χ2n) is 6.63. The maximum absolute atomic E-state index is 12.7. The monoisotopic (exact) mass is 377 g/mol. The van der Waals surface area contributed by atoms with Gasteiger partial charge in [-0.2, -0.15) is 10.1 Å². The number of likely N-dealkylation sites (tertiary alicyclic amines) is 1. The summed E-state index contributed by atoms with van der Waals surface area (Å²) in [5.74, 6) is 1.15. The normalized spacial score (nSPS) is 15.4. The first-order valence-electron chi connectivity index (χ1n) is 9.36. The smallest absolute Gasteiger partial charge is 0.257 e. The lowest BCUT2D eigenvalue weighted by Gasteiger charge is -2.31. The molecule has 0 spiro atoms. The molecule has 1 saturated heterocycles. The molecule has 0 radical (unpaired) electrons. The molecule has 0 aliphatic carbocycles. The van der Waals surface area contributed by atoms with Crippen LogP contribution in [0.2, 0.25) is 0 Å². The molecule has 0 unspecified atom stereocenters. The molecule has 0 bridgehead atoms. The van der Waals surface area contributed by atoms with Crippen molar-refractivity contribution in [3.63, 3.8) is 0 Å². The molecule has 2 aromatic rings. The number of hydrogen-bond acceptors (Lipinski definition) is 7. The van der Waals surface area contributed by atoms with E-state index in [1.165, 1.54) is 0 Å². The van der Waals surface area contributed by atoms with Crippen LogP contribution < -0.4 is 0 Å². The molecule has 0 aromatic carbocycles. The zero-order chi connectivity index (χ0) is 19.2. The van der Waals surface area contributed by atoms with Crippen molar-refractivity contribution in [1.82, 2.24) is 24.8 Å². The highest BCUT2D eigenvalue weighted by Gasteiger charge is 2.26. The number of ether oxygens (including phenoxy) is 2. The Bertz CT molecular complexity index is 749. The number of aryl methyl sites for hydroxylation is 2. The maximum Gasteiger partial charge on any atom is 0.257 e. The third-order valence-electron chi connectivity index (χ3n) is 4.69. The molecule has 0 saturated carbocycles. The van der Waals surface area contributed by atoms with Gasteiger partial charge in [0.1, 0.15) is 6.61 Å². The summed E-state index contributed by atoms with van der Waals surface area (Å²) < 4.78 is 17.7. The highest BCUT2D eigenvalue weighted by Crippen LogP contribution is 2.18. The summed E-state index contributed by atoms with van der Waals surface area (Å²) in [6.07, 6.45) is 4.24. The van der Waals surface area contributed by atoms with Crippen molar-refractivity contribution >= 4 is 5.91 Å². The molecule has 2 aromatic heterocycles. The number of carbonyl (C=O) groups excluding carboxylic acids is 1. The summed E-state index contributed by atoms with van der Waals surface area (Å²) >= 11 is 0. The minimum atomic E-state index is 0.0584. The summed E-state index contributed by atoms with van der Waals surface area (Å²) in [5.41, 5.74) is 1.48. The van der Waals surface area contributed by atoms with Crippen LogP contribution in [0.4, 0.5) is 0 Å².